The smallest absolute Gasteiger partial charge is 0.193 e. The van der Waals surface area contributed by atoms with Gasteiger partial charge in [-0.15, -0.1) is 0 Å². The minimum absolute atomic E-state index is 0.00881. The molecule has 0 bridgehead atoms. The number of halogens is 1. The van der Waals surface area contributed by atoms with E-state index in [1.807, 2.05) is 13.0 Å². The average molecular weight is 661 g/mol. The Hall–Kier alpha value is -3.70. The number of benzene rings is 2. The molecule has 9 nitrogen and oxygen atoms in total. The highest BCUT2D eigenvalue weighted by molar-refractivity contribution is 6.01. The number of allylic oxidation sites excluding steroid dienone is 4. The van der Waals surface area contributed by atoms with E-state index in [4.69, 9.17) is 18.9 Å². The molecule has 4 aliphatic carbocycles. The van der Waals surface area contributed by atoms with Crippen molar-refractivity contribution in [2.75, 3.05) is 13.7 Å². The molecule has 0 aromatic heterocycles. The van der Waals surface area contributed by atoms with Crippen LogP contribution >= 0.6 is 0 Å². The maximum atomic E-state index is 16.4. The van der Waals surface area contributed by atoms with Crippen molar-refractivity contribution < 1.29 is 47.9 Å². The highest BCUT2D eigenvalue weighted by Gasteiger charge is 2.76. The zero-order valence-corrected chi connectivity index (χ0v) is 27.5. The van der Waals surface area contributed by atoms with Gasteiger partial charge in [0.25, 0.3) is 0 Å². The van der Waals surface area contributed by atoms with Gasteiger partial charge in [0.1, 0.15) is 19.0 Å². The summed E-state index contributed by atoms with van der Waals surface area (Å²) in [5.74, 6) is -1.76. The second-order valence-corrected chi connectivity index (χ2v) is 14.4. The number of rotatable bonds is 8. The van der Waals surface area contributed by atoms with Gasteiger partial charge in [0.05, 0.1) is 24.9 Å². The molecule has 0 amide bonds. The summed E-state index contributed by atoms with van der Waals surface area (Å²) < 4.78 is 40.9. The van der Waals surface area contributed by atoms with Gasteiger partial charge >= 0.3 is 0 Å². The van der Waals surface area contributed by atoms with Crippen molar-refractivity contribution >= 4 is 17.3 Å². The lowest BCUT2D eigenvalue weighted by Crippen LogP contribution is -2.63. The van der Waals surface area contributed by atoms with Gasteiger partial charge in [-0.25, -0.2) is 4.39 Å². The van der Waals surface area contributed by atoms with E-state index in [9.17, 15) is 24.6 Å². The standard InChI is InChI=1S/C38H41FO9/c1-20(41)22-7-5-6-21(14-22)19-46-29-11-10-28(45-4)32(34(29)39)35-47-31-16-26-25-9-8-23-15-24(42)12-13-36(23,2)33(25)27(43)17-37(26,3)38(31,48-35)30(44)18-40/h5-7,10-15,25-27,31,33,35,40,43H,8-9,16-19H2,1-4H3/t25-,26-,27-,31+,33+,35-,36-,37-,38+/m0/s1. The van der Waals surface area contributed by atoms with E-state index in [1.165, 1.54) is 26.2 Å². The van der Waals surface area contributed by atoms with Crippen molar-refractivity contribution in [3.8, 4) is 11.5 Å². The van der Waals surface area contributed by atoms with Crippen LogP contribution in [0.1, 0.15) is 74.2 Å². The fourth-order valence-electron chi connectivity index (χ4n) is 9.92. The van der Waals surface area contributed by atoms with Crippen LogP contribution in [0, 0.1) is 34.4 Å². The van der Waals surface area contributed by atoms with Crippen molar-refractivity contribution in [2.45, 2.75) is 77.2 Å². The van der Waals surface area contributed by atoms with E-state index in [0.717, 1.165) is 12.0 Å². The number of ketones is 3. The van der Waals surface area contributed by atoms with Gasteiger partial charge in [0.2, 0.25) is 0 Å². The van der Waals surface area contributed by atoms with Gasteiger partial charge in [-0.2, -0.15) is 0 Å². The Morgan fingerprint density at radius 2 is 1.92 bits per heavy atom. The lowest BCUT2D eigenvalue weighted by molar-refractivity contribution is -0.201. The summed E-state index contributed by atoms with van der Waals surface area (Å²) in [6.07, 6.45) is 4.20. The van der Waals surface area contributed by atoms with Crippen molar-refractivity contribution in [1.29, 1.82) is 0 Å². The van der Waals surface area contributed by atoms with Crippen LogP contribution in [0.15, 0.2) is 60.2 Å². The van der Waals surface area contributed by atoms with Crippen molar-refractivity contribution in [3.63, 3.8) is 0 Å². The van der Waals surface area contributed by atoms with Crippen LogP contribution in [-0.2, 0) is 25.7 Å². The second kappa shape index (κ2) is 11.7. The first-order valence-electron chi connectivity index (χ1n) is 16.6. The Bertz CT molecular complexity index is 1750. The van der Waals surface area contributed by atoms with E-state index in [0.29, 0.717) is 24.0 Å². The Morgan fingerprint density at radius 3 is 2.65 bits per heavy atom. The number of hydrogen-bond donors (Lipinski definition) is 2. The summed E-state index contributed by atoms with van der Waals surface area (Å²) in [6, 6.07) is 9.87. The monoisotopic (exact) mass is 660 g/mol. The zero-order chi connectivity index (χ0) is 34.2. The van der Waals surface area contributed by atoms with Gasteiger partial charge in [0, 0.05) is 22.3 Å². The predicted octanol–water partition coefficient (Wildman–Crippen LogP) is 5.22. The average Bonchev–Trinajstić information content (AvgIpc) is 3.56. The molecule has 9 atom stereocenters. The Balaban J connectivity index is 1.21. The number of fused-ring (bicyclic) bond motifs is 7. The molecule has 3 saturated carbocycles. The number of methoxy groups -OCH3 is 1. The Morgan fingerprint density at radius 1 is 1.15 bits per heavy atom. The molecule has 48 heavy (non-hydrogen) atoms. The van der Waals surface area contributed by atoms with Crippen LogP contribution in [0.2, 0.25) is 0 Å². The fourth-order valence-corrected chi connectivity index (χ4v) is 9.92. The molecular weight excluding hydrogens is 619 g/mol. The van der Waals surface area contributed by atoms with Crippen LogP contribution in [0.25, 0.3) is 0 Å². The summed E-state index contributed by atoms with van der Waals surface area (Å²) in [5, 5.41) is 22.2. The molecule has 2 N–H and O–H groups in total. The molecule has 10 heteroatoms. The molecule has 1 heterocycles. The predicted molar refractivity (Wildman–Crippen MR) is 171 cm³/mol. The molecular formula is C38H41FO9. The molecule has 5 aliphatic rings. The zero-order valence-electron chi connectivity index (χ0n) is 27.5. The van der Waals surface area contributed by atoms with E-state index in [2.05, 4.69) is 6.92 Å². The third-order valence-corrected chi connectivity index (χ3v) is 12.1. The highest BCUT2D eigenvalue weighted by Crippen LogP contribution is 2.70. The number of ether oxygens (including phenoxy) is 4. The van der Waals surface area contributed by atoms with Crippen molar-refractivity contribution in [3.05, 3.63) is 82.7 Å². The minimum atomic E-state index is -1.65. The number of carbonyl (C=O) groups is 3. The van der Waals surface area contributed by atoms with Gasteiger partial charge in [-0.3, -0.25) is 14.4 Å². The lowest BCUT2D eigenvalue weighted by Gasteiger charge is -2.59. The molecule has 0 radical (unpaired) electrons. The number of Topliss-reactive ketones (excluding diaryl/α,β-unsaturated/α-hetero) is 2. The lowest BCUT2D eigenvalue weighted by atomic mass is 9.46. The quantitative estimate of drug-likeness (QED) is 0.367. The number of aliphatic hydroxyl groups is 2. The first kappa shape index (κ1) is 32.8. The summed E-state index contributed by atoms with van der Waals surface area (Å²) in [4.78, 5) is 38.0. The largest absolute Gasteiger partial charge is 0.496 e. The minimum Gasteiger partial charge on any atom is -0.496 e. The summed E-state index contributed by atoms with van der Waals surface area (Å²) >= 11 is 0. The summed E-state index contributed by atoms with van der Waals surface area (Å²) in [6.45, 7) is 4.64. The van der Waals surface area contributed by atoms with Gasteiger partial charge in [0.15, 0.2) is 40.8 Å². The third kappa shape index (κ3) is 4.67. The number of hydrogen-bond acceptors (Lipinski definition) is 9. The van der Waals surface area contributed by atoms with Crippen LogP contribution in [0.4, 0.5) is 4.39 Å². The molecule has 2 aromatic carbocycles. The molecule has 0 spiro atoms. The van der Waals surface area contributed by atoms with E-state index in [-0.39, 0.29) is 59.4 Å². The summed E-state index contributed by atoms with van der Waals surface area (Å²) in [7, 11) is 1.39. The number of carbonyl (C=O) groups excluding carboxylic acids is 3. The van der Waals surface area contributed by atoms with Gasteiger partial charge < -0.3 is 29.2 Å². The SMILES string of the molecule is COc1ccc(OCc2cccc(C(C)=O)c2)c(F)c1[C@H]1O[C@@H]2C[C@H]3[C@@H]4CCC5=CC(=O)C=C[C@]5(C)[C@H]4[C@@H](O)C[C@]3(C)[C@]2(C(=O)CO)O1. The fraction of sp³-hybridized carbons (Fsp3) is 0.500. The topological polar surface area (TPSA) is 129 Å². The Labute approximate surface area is 278 Å². The molecule has 4 fully saturated rings. The second-order valence-electron chi connectivity index (χ2n) is 14.4. The van der Waals surface area contributed by atoms with E-state index >= 15 is 4.39 Å². The molecule has 0 unspecified atom stereocenters. The molecule has 2 aromatic rings. The normalized spacial score (nSPS) is 36.4. The van der Waals surface area contributed by atoms with Crippen molar-refractivity contribution in [2.24, 2.45) is 28.6 Å². The van der Waals surface area contributed by atoms with Crippen LogP contribution < -0.4 is 9.47 Å². The Kier molecular flexibility index (Phi) is 8.02. The molecule has 1 aliphatic heterocycles. The summed E-state index contributed by atoms with van der Waals surface area (Å²) in [5.41, 5.74) is -0.964. The maximum Gasteiger partial charge on any atom is 0.193 e. The van der Waals surface area contributed by atoms with E-state index < -0.39 is 53.1 Å². The van der Waals surface area contributed by atoms with Crippen molar-refractivity contribution in [1.82, 2.24) is 0 Å². The van der Waals surface area contributed by atoms with Crippen LogP contribution in [0.3, 0.4) is 0 Å². The first-order valence-corrected chi connectivity index (χ1v) is 16.6. The van der Waals surface area contributed by atoms with Crippen LogP contribution in [-0.4, -0.2) is 59.1 Å². The maximum absolute atomic E-state index is 16.4. The molecule has 7 rings (SSSR count). The van der Waals surface area contributed by atoms with Gasteiger partial charge in [-0.1, -0.05) is 43.7 Å². The first-order chi connectivity index (χ1) is 22.9. The third-order valence-electron chi connectivity index (χ3n) is 12.1. The molecule has 1 saturated heterocycles. The highest BCUT2D eigenvalue weighted by atomic mass is 19.1. The van der Waals surface area contributed by atoms with Gasteiger partial charge in [-0.05, 0) is 80.4 Å². The number of aliphatic hydroxyl groups excluding tert-OH is 2. The molecule has 254 valence electrons. The van der Waals surface area contributed by atoms with E-state index in [1.54, 1.807) is 36.4 Å². The van der Waals surface area contributed by atoms with Crippen LogP contribution in [0.5, 0.6) is 11.5 Å².